The smallest absolute Gasteiger partial charge is 0.0643 e. The van der Waals surface area contributed by atoms with E-state index >= 15 is 0 Å². The molecule has 1 nitrogen and oxygen atoms in total. The van der Waals surface area contributed by atoms with Crippen LogP contribution >= 0.6 is 0 Å². The van der Waals surface area contributed by atoms with Gasteiger partial charge in [-0.3, -0.25) is 0 Å². The maximum atomic E-state index is 4.89. The zero-order valence-electron chi connectivity index (χ0n) is 7.36. The van der Waals surface area contributed by atoms with Gasteiger partial charge in [0.05, 0.1) is 6.61 Å². The van der Waals surface area contributed by atoms with Gasteiger partial charge in [0.2, 0.25) is 0 Å². The van der Waals surface area contributed by atoms with Crippen LogP contribution in [0.25, 0.3) is 0 Å². The van der Waals surface area contributed by atoms with Gasteiger partial charge in [0.25, 0.3) is 0 Å². The van der Waals surface area contributed by atoms with Crippen molar-refractivity contribution in [3.63, 3.8) is 0 Å². The second-order valence-electron chi connectivity index (χ2n) is 2.62. The van der Waals surface area contributed by atoms with E-state index in [4.69, 9.17) is 4.74 Å². The molecule has 0 unspecified atom stereocenters. The van der Waals surface area contributed by atoms with Gasteiger partial charge in [-0.15, -0.1) is 0 Å². The number of methoxy groups -OCH3 is 1. The zero-order chi connectivity index (χ0) is 8.65. The summed E-state index contributed by atoms with van der Waals surface area (Å²) < 4.78 is 4.89. The highest BCUT2D eigenvalue weighted by Crippen LogP contribution is 1.99. The highest BCUT2D eigenvalue weighted by atomic mass is 16.5. The summed E-state index contributed by atoms with van der Waals surface area (Å²) in [6.07, 6.45) is 5.15. The molecule has 0 fully saturated rings. The first-order valence-electron chi connectivity index (χ1n) is 4.11. The molecular weight excluding hydrogens is 148 g/mol. The molecule has 0 radical (unpaired) electrons. The van der Waals surface area contributed by atoms with Crippen molar-refractivity contribution in [3.8, 4) is 0 Å². The van der Waals surface area contributed by atoms with Crippen molar-refractivity contribution in [3.05, 3.63) is 48.0 Å². The van der Waals surface area contributed by atoms with Crippen LogP contribution in [0.4, 0.5) is 0 Å². The topological polar surface area (TPSA) is 9.23 Å². The van der Waals surface area contributed by atoms with Gasteiger partial charge in [-0.05, 0) is 12.0 Å². The van der Waals surface area contributed by atoms with Crippen LogP contribution in [0, 0.1) is 0 Å². The molecule has 1 aromatic rings. The average molecular weight is 162 g/mol. The van der Waals surface area contributed by atoms with E-state index in [1.807, 2.05) is 12.1 Å². The third-order valence-corrected chi connectivity index (χ3v) is 1.63. The lowest BCUT2D eigenvalue weighted by atomic mass is 10.1. The Morgan fingerprint density at radius 2 is 1.92 bits per heavy atom. The Morgan fingerprint density at radius 1 is 1.17 bits per heavy atom. The maximum absolute atomic E-state index is 4.89. The molecule has 12 heavy (non-hydrogen) atoms. The average Bonchev–Trinajstić information content (AvgIpc) is 2.14. The maximum Gasteiger partial charge on any atom is 0.0643 e. The predicted octanol–water partition coefficient (Wildman–Crippen LogP) is 2.43. The van der Waals surface area contributed by atoms with Gasteiger partial charge in [-0.1, -0.05) is 42.5 Å². The van der Waals surface area contributed by atoms with Crippen molar-refractivity contribution in [1.29, 1.82) is 0 Å². The fourth-order valence-corrected chi connectivity index (χ4v) is 0.998. The molecule has 0 saturated carbocycles. The lowest BCUT2D eigenvalue weighted by molar-refractivity contribution is 0.233. The molecule has 1 heteroatoms. The number of hydrogen-bond acceptors (Lipinski definition) is 1. The van der Waals surface area contributed by atoms with Crippen LogP contribution in [0.5, 0.6) is 0 Å². The van der Waals surface area contributed by atoms with E-state index in [0.29, 0.717) is 6.61 Å². The highest BCUT2D eigenvalue weighted by molar-refractivity contribution is 5.17. The summed E-state index contributed by atoms with van der Waals surface area (Å²) in [6.45, 7) is 0.701. The normalized spacial score (nSPS) is 10.8. The Labute approximate surface area is 73.7 Å². The number of allylic oxidation sites excluding steroid dienone is 1. The van der Waals surface area contributed by atoms with Crippen LogP contribution in [0.2, 0.25) is 0 Å². The number of ether oxygens (including phenoxy) is 1. The van der Waals surface area contributed by atoms with Crippen LogP contribution < -0.4 is 0 Å². The SMILES string of the molecule is COCC=CCc1ccccc1. The quantitative estimate of drug-likeness (QED) is 0.618. The first-order valence-corrected chi connectivity index (χ1v) is 4.11. The molecule has 0 aliphatic heterocycles. The largest absolute Gasteiger partial charge is 0.381 e. The first-order chi connectivity index (χ1) is 5.93. The molecule has 1 aromatic carbocycles. The van der Waals surface area contributed by atoms with E-state index in [9.17, 15) is 0 Å². The van der Waals surface area contributed by atoms with Gasteiger partial charge >= 0.3 is 0 Å². The summed E-state index contributed by atoms with van der Waals surface area (Å²) in [5.74, 6) is 0. The monoisotopic (exact) mass is 162 g/mol. The molecule has 0 heterocycles. The molecule has 0 atom stereocenters. The van der Waals surface area contributed by atoms with E-state index in [-0.39, 0.29) is 0 Å². The Kier molecular flexibility index (Phi) is 4.17. The Hall–Kier alpha value is -1.08. The fourth-order valence-electron chi connectivity index (χ4n) is 0.998. The third-order valence-electron chi connectivity index (χ3n) is 1.63. The Morgan fingerprint density at radius 3 is 2.58 bits per heavy atom. The van der Waals surface area contributed by atoms with Crippen molar-refractivity contribution in [2.75, 3.05) is 13.7 Å². The van der Waals surface area contributed by atoms with E-state index in [0.717, 1.165) is 6.42 Å². The molecule has 64 valence electrons. The van der Waals surface area contributed by atoms with Gasteiger partial charge in [-0.25, -0.2) is 0 Å². The van der Waals surface area contributed by atoms with E-state index in [1.165, 1.54) is 5.56 Å². The summed E-state index contributed by atoms with van der Waals surface area (Å²) in [5.41, 5.74) is 1.34. The van der Waals surface area contributed by atoms with Gasteiger partial charge in [-0.2, -0.15) is 0 Å². The summed E-state index contributed by atoms with van der Waals surface area (Å²) in [4.78, 5) is 0. The summed E-state index contributed by atoms with van der Waals surface area (Å²) in [7, 11) is 1.70. The minimum atomic E-state index is 0.701. The van der Waals surface area contributed by atoms with Crippen molar-refractivity contribution in [1.82, 2.24) is 0 Å². The van der Waals surface area contributed by atoms with Crippen molar-refractivity contribution < 1.29 is 4.74 Å². The molecule has 1 rings (SSSR count). The molecule has 0 aliphatic rings. The Balaban J connectivity index is 2.33. The van der Waals surface area contributed by atoms with E-state index < -0.39 is 0 Å². The van der Waals surface area contributed by atoms with Crippen LogP contribution in [0.1, 0.15) is 5.56 Å². The fraction of sp³-hybridized carbons (Fsp3) is 0.273. The van der Waals surface area contributed by atoms with Crippen LogP contribution in [-0.4, -0.2) is 13.7 Å². The number of hydrogen-bond donors (Lipinski definition) is 0. The Bertz CT molecular complexity index is 226. The highest BCUT2D eigenvalue weighted by Gasteiger charge is 1.84. The van der Waals surface area contributed by atoms with Gasteiger partial charge in [0.1, 0.15) is 0 Å². The number of benzene rings is 1. The summed E-state index contributed by atoms with van der Waals surface area (Å²) in [6, 6.07) is 10.4. The lowest BCUT2D eigenvalue weighted by Gasteiger charge is -1.93. The van der Waals surface area contributed by atoms with E-state index in [1.54, 1.807) is 7.11 Å². The third kappa shape index (κ3) is 3.35. The first kappa shape index (κ1) is 9.01. The van der Waals surface area contributed by atoms with Crippen LogP contribution in [0.3, 0.4) is 0 Å². The van der Waals surface area contributed by atoms with Gasteiger partial charge in [0.15, 0.2) is 0 Å². The minimum absolute atomic E-state index is 0.701. The second kappa shape index (κ2) is 5.56. The zero-order valence-corrected chi connectivity index (χ0v) is 7.36. The molecular formula is C11H14O. The van der Waals surface area contributed by atoms with Gasteiger partial charge in [0, 0.05) is 7.11 Å². The molecule has 0 N–H and O–H groups in total. The van der Waals surface area contributed by atoms with Crippen molar-refractivity contribution in [2.24, 2.45) is 0 Å². The molecule has 0 bridgehead atoms. The molecule has 0 aliphatic carbocycles. The second-order valence-corrected chi connectivity index (χ2v) is 2.62. The van der Waals surface area contributed by atoms with Gasteiger partial charge < -0.3 is 4.74 Å². The molecule has 0 aromatic heterocycles. The standard InChI is InChI=1S/C11H14O/c1-12-10-6-5-9-11-7-3-2-4-8-11/h2-8H,9-10H2,1H3. The predicted molar refractivity (Wildman–Crippen MR) is 51.2 cm³/mol. The summed E-state index contributed by atoms with van der Waals surface area (Å²) in [5, 5.41) is 0. The van der Waals surface area contributed by atoms with Crippen LogP contribution in [-0.2, 0) is 11.2 Å². The molecule has 0 saturated heterocycles. The van der Waals surface area contributed by atoms with Crippen molar-refractivity contribution >= 4 is 0 Å². The van der Waals surface area contributed by atoms with Crippen LogP contribution in [0.15, 0.2) is 42.5 Å². The molecule has 0 amide bonds. The minimum Gasteiger partial charge on any atom is -0.381 e. The lowest BCUT2D eigenvalue weighted by Crippen LogP contribution is -1.83. The number of rotatable bonds is 4. The molecule has 0 spiro atoms. The summed E-state index contributed by atoms with van der Waals surface area (Å²) >= 11 is 0. The van der Waals surface area contributed by atoms with E-state index in [2.05, 4.69) is 30.3 Å². The van der Waals surface area contributed by atoms with Crippen molar-refractivity contribution in [2.45, 2.75) is 6.42 Å².